The van der Waals surface area contributed by atoms with Crippen LogP contribution in [0.2, 0.25) is 0 Å². The van der Waals surface area contributed by atoms with Crippen LogP contribution in [0.3, 0.4) is 0 Å². The second kappa shape index (κ2) is 7.37. The molecule has 0 aliphatic carbocycles. The summed E-state index contributed by atoms with van der Waals surface area (Å²) in [5.41, 5.74) is 1.71. The van der Waals surface area contributed by atoms with Crippen molar-refractivity contribution in [2.45, 2.75) is 12.6 Å². The van der Waals surface area contributed by atoms with Crippen LogP contribution in [0.4, 0.5) is 0 Å². The van der Waals surface area contributed by atoms with E-state index in [1.807, 2.05) is 60.7 Å². The summed E-state index contributed by atoms with van der Waals surface area (Å²) >= 11 is 0. The standard InChI is InChI=1S/C19H17N3O2/c23-17(13-22-14-20-12-11-18(22)24)21-19(15-7-3-1-4-8-15)16-9-5-2-6-10-16/h1-12,14,19H,13H2,(H,21,23). The zero-order chi connectivity index (χ0) is 16.8. The molecule has 120 valence electrons. The lowest BCUT2D eigenvalue weighted by Gasteiger charge is -2.20. The first-order chi connectivity index (χ1) is 11.7. The fourth-order valence-corrected chi connectivity index (χ4v) is 2.51. The molecular weight excluding hydrogens is 302 g/mol. The molecular formula is C19H17N3O2. The topological polar surface area (TPSA) is 64.0 Å². The van der Waals surface area contributed by atoms with Gasteiger partial charge >= 0.3 is 0 Å². The molecule has 1 amide bonds. The molecule has 0 fully saturated rings. The van der Waals surface area contributed by atoms with Gasteiger partial charge in [0.25, 0.3) is 5.56 Å². The van der Waals surface area contributed by atoms with Crippen molar-refractivity contribution >= 4 is 5.91 Å². The van der Waals surface area contributed by atoms with E-state index in [9.17, 15) is 9.59 Å². The van der Waals surface area contributed by atoms with Crippen LogP contribution >= 0.6 is 0 Å². The quantitative estimate of drug-likeness (QED) is 0.784. The highest BCUT2D eigenvalue weighted by atomic mass is 16.2. The Kier molecular flexibility index (Phi) is 4.81. The number of amides is 1. The van der Waals surface area contributed by atoms with Gasteiger partial charge in [0.15, 0.2) is 0 Å². The lowest BCUT2D eigenvalue weighted by Crippen LogP contribution is -2.35. The Balaban J connectivity index is 1.83. The van der Waals surface area contributed by atoms with Gasteiger partial charge in [-0.05, 0) is 11.1 Å². The molecule has 5 nitrogen and oxygen atoms in total. The first kappa shape index (κ1) is 15.7. The minimum Gasteiger partial charge on any atom is -0.344 e. The Morgan fingerprint density at radius 1 is 0.958 bits per heavy atom. The molecule has 0 saturated carbocycles. The van der Waals surface area contributed by atoms with Gasteiger partial charge < -0.3 is 5.32 Å². The molecule has 1 aromatic heterocycles. The minimum absolute atomic E-state index is 0.0666. The van der Waals surface area contributed by atoms with Crippen molar-refractivity contribution in [1.82, 2.24) is 14.9 Å². The largest absolute Gasteiger partial charge is 0.344 e. The number of hydrogen-bond donors (Lipinski definition) is 1. The van der Waals surface area contributed by atoms with Crippen molar-refractivity contribution in [3.63, 3.8) is 0 Å². The first-order valence-corrected chi connectivity index (χ1v) is 7.64. The molecule has 0 radical (unpaired) electrons. The van der Waals surface area contributed by atoms with E-state index in [-0.39, 0.29) is 24.1 Å². The van der Waals surface area contributed by atoms with Gasteiger partial charge in [-0.1, -0.05) is 60.7 Å². The Morgan fingerprint density at radius 2 is 1.54 bits per heavy atom. The number of rotatable bonds is 5. The van der Waals surface area contributed by atoms with E-state index in [4.69, 9.17) is 0 Å². The second-order valence-electron chi connectivity index (χ2n) is 5.37. The molecule has 3 aromatic rings. The molecule has 1 N–H and O–H groups in total. The van der Waals surface area contributed by atoms with Gasteiger partial charge in [-0.25, -0.2) is 4.98 Å². The van der Waals surface area contributed by atoms with E-state index >= 15 is 0 Å². The number of hydrogen-bond acceptors (Lipinski definition) is 3. The molecule has 0 spiro atoms. The summed E-state index contributed by atoms with van der Waals surface area (Å²) in [6.07, 6.45) is 2.77. The van der Waals surface area contributed by atoms with Gasteiger partial charge in [0.2, 0.25) is 5.91 Å². The number of nitrogens with zero attached hydrogens (tertiary/aromatic N) is 2. The second-order valence-corrected chi connectivity index (χ2v) is 5.37. The number of carbonyl (C=O) groups excluding carboxylic acids is 1. The van der Waals surface area contributed by atoms with E-state index in [0.29, 0.717) is 0 Å². The molecule has 0 aliphatic rings. The van der Waals surface area contributed by atoms with Gasteiger partial charge in [-0.15, -0.1) is 0 Å². The summed E-state index contributed by atoms with van der Waals surface area (Å²) in [6, 6.07) is 20.5. The monoisotopic (exact) mass is 319 g/mol. The molecule has 0 atom stereocenters. The summed E-state index contributed by atoms with van der Waals surface area (Å²) in [5.74, 6) is -0.247. The van der Waals surface area contributed by atoms with Crippen molar-refractivity contribution < 1.29 is 4.79 Å². The highest BCUT2D eigenvalue weighted by Gasteiger charge is 2.16. The molecule has 0 aliphatic heterocycles. The number of aromatic nitrogens is 2. The van der Waals surface area contributed by atoms with Gasteiger partial charge in [0.1, 0.15) is 6.54 Å². The van der Waals surface area contributed by atoms with Crippen LogP contribution in [0, 0.1) is 0 Å². The molecule has 24 heavy (non-hydrogen) atoms. The van der Waals surface area contributed by atoms with E-state index in [1.165, 1.54) is 23.2 Å². The molecule has 0 unspecified atom stereocenters. The Labute approximate surface area is 139 Å². The van der Waals surface area contributed by atoms with E-state index in [0.717, 1.165) is 11.1 Å². The Morgan fingerprint density at radius 3 is 2.08 bits per heavy atom. The smallest absolute Gasteiger partial charge is 0.253 e. The SMILES string of the molecule is O=C(Cn1cnccc1=O)NC(c1ccccc1)c1ccccc1. The van der Waals surface area contributed by atoms with Crippen LogP contribution in [0.1, 0.15) is 17.2 Å². The lowest BCUT2D eigenvalue weighted by atomic mass is 9.99. The lowest BCUT2D eigenvalue weighted by molar-refractivity contribution is -0.122. The van der Waals surface area contributed by atoms with Crippen molar-refractivity contribution in [3.05, 3.63) is 101 Å². The van der Waals surface area contributed by atoms with Crippen molar-refractivity contribution in [3.8, 4) is 0 Å². The van der Waals surface area contributed by atoms with E-state index < -0.39 is 0 Å². The van der Waals surface area contributed by atoms with Gasteiger partial charge in [-0.3, -0.25) is 14.2 Å². The van der Waals surface area contributed by atoms with Crippen molar-refractivity contribution in [2.75, 3.05) is 0 Å². The molecule has 0 saturated heterocycles. The van der Waals surface area contributed by atoms with Gasteiger partial charge in [0.05, 0.1) is 12.4 Å². The van der Waals surface area contributed by atoms with Crippen LogP contribution in [-0.4, -0.2) is 15.5 Å². The van der Waals surface area contributed by atoms with Crippen LogP contribution in [-0.2, 0) is 11.3 Å². The third-order valence-electron chi connectivity index (χ3n) is 3.68. The van der Waals surface area contributed by atoms with Gasteiger partial charge in [-0.2, -0.15) is 0 Å². The third kappa shape index (κ3) is 3.76. The van der Waals surface area contributed by atoms with Crippen molar-refractivity contribution in [1.29, 1.82) is 0 Å². The highest BCUT2D eigenvalue weighted by Crippen LogP contribution is 2.21. The van der Waals surface area contributed by atoms with Crippen molar-refractivity contribution in [2.24, 2.45) is 0 Å². The van der Waals surface area contributed by atoms with E-state index in [1.54, 1.807) is 0 Å². The third-order valence-corrected chi connectivity index (χ3v) is 3.68. The number of benzene rings is 2. The zero-order valence-corrected chi connectivity index (χ0v) is 13.0. The predicted molar refractivity (Wildman–Crippen MR) is 91.4 cm³/mol. The average molecular weight is 319 g/mol. The fraction of sp³-hybridized carbons (Fsp3) is 0.105. The van der Waals surface area contributed by atoms with E-state index in [2.05, 4.69) is 10.3 Å². The molecule has 5 heteroatoms. The maximum absolute atomic E-state index is 12.4. The molecule has 1 heterocycles. The average Bonchev–Trinajstić information content (AvgIpc) is 2.63. The Hall–Kier alpha value is -3.21. The number of carbonyl (C=O) groups is 1. The molecule has 0 bridgehead atoms. The fourth-order valence-electron chi connectivity index (χ4n) is 2.51. The molecule has 3 rings (SSSR count). The highest BCUT2D eigenvalue weighted by molar-refractivity contribution is 5.76. The molecule has 2 aromatic carbocycles. The summed E-state index contributed by atoms with van der Waals surface area (Å²) < 4.78 is 1.28. The van der Waals surface area contributed by atoms with Gasteiger partial charge in [0, 0.05) is 12.3 Å². The van der Waals surface area contributed by atoms with Crippen LogP contribution in [0.15, 0.2) is 84.0 Å². The van der Waals surface area contributed by atoms with Crippen LogP contribution in [0.25, 0.3) is 0 Å². The summed E-state index contributed by atoms with van der Waals surface area (Å²) in [7, 11) is 0. The number of nitrogens with one attached hydrogen (secondary N) is 1. The van der Waals surface area contributed by atoms with Crippen LogP contribution in [0.5, 0.6) is 0 Å². The summed E-state index contributed by atoms with van der Waals surface area (Å²) in [5, 5.41) is 3.00. The zero-order valence-electron chi connectivity index (χ0n) is 13.0. The minimum atomic E-state index is -0.271. The Bertz CT molecular complexity index is 821. The normalized spacial score (nSPS) is 10.5. The summed E-state index contributed by atoms with van der Waals surface area (Å²) in [4.78, 5) is 28.0. The van der Waals surface area contributed by atoms with Crippen LogP contribution < -0.4 is 10.9 Å². The maximum Gasteiger partial charge on any atom is 0.253 e. The maximum atomic E-state index is 12.4. The predicted octanol–water partition coefficient (Wildman–Crippen LogP) is 2.15. The first-order valence-electron chi connectivity index (χ1n) is 7.64. The summed E-state index contributed by atoms with van der Waals surface area (Å²) in [6.45, 7) is -0.0666.